The molecule has 0 fully saturated rings. The summed E-state index contributed by atoms with van der Waals surface area (Å²) in [6.07, 6.45) is 0.587. The van der Waals surface area contributed by atoms with E-state index in [9.17, 15) is 9.59 Å². The molecule has 2 heterocycles. The molecule has 2 amide bonds. The van der Waals surface area contributed by atoms with Crippen LogP contribution in [-0.4, -0.2) is 45.4 Å². The summed E-state index contributed by atoms with van der Waals surface area (Å²) in [6.45, 7) is 0.854. The van der Waals surface area contributed by atoms with Crippen molar-refractivity contribution in [3.63, 3.8) is 0 Å². The smallest absolute Gasteiger partial charge is 0.354 e. The number of carbonyl (C=O) groups excluding carboxylic acids is 1. The number of nitrogens with one attached hydrogen (secondary N) is 1. The number of rotatable bonds is 1. The van der Waals surface area contributed by atoms with E-state index in [-0.39, 0.29) is 11.7 Å². The van der Waals surface area contributed by atoms with Crippen LogP contribution in [0, 0.1) is 0 Å². The summed E-state index contributed by atoms with van der Waals surface area (Å²) in [5.74, 6) is -1.01. The van der Waals surface area contributed by atoms with E-state index >= 15 is 0 Å². The van der Waals surface area contributed by atoms with Crippen LogP contribution in [0.15, 0.2) is 0 Å². The molecule has 7 heteroatoms. The number of amides is 2. The first-order valence-electron chi connectivity index (χ1n) is 5.29. The summed E-state index contributed by atoms with van der Waals surface area (Å²) in [4.78, 5) is 24.2. The van der Waals surface area contributed by atoms with Crippen LogP contribution in [-0.2, 0) is 20.0 Å². The maximum absolute atomic E-state index is 11.5. The molecule has 2 rings (SSSR count). The highest BCUT2D eigenvalue weighted by atomic mass is 16.4. The molecule has 0 spiro atoms. The Morgan fingerprint density at radius 3 is 2.76 bits per heavy atom. The molecule has 17 heavy (non-hydrogen) atoms. The van der Waals surface area contributed by atoms with Crippen LogP contribution >= 0.6 is 0 Å². The van der Waals surface area contributed by atoms with Crippen LogP contribution in [0.25, 0.3) is 0 Å². The molecular weight excluding hydrogens is 224 g/mol. The van der Waals surface area contributed by atoms with E-state index in [0.717, 1.165) is 5.69 Å². The first kappa shape index (κ1) is 11.4. The topological polar surface area (TPSA) is 87.5 Å². The molecule has 0 saturated heterocycles. The number of nitrogens with zero attached hydrogens (tertiary/aromatic N) is 3. The van der Waals surface area contributed by atoms with Gasteiger partial charge in [0.2, 0.25) is 0 Å². The summed E-state index contributed by atoms with van der Waals surface area (Å²) >= 11 is 0. The highest BCUT2D eigenvalue weighted by molar-refractivity contribution is 5.88. The Hall–Kier alpha value is -2.05. The molecular formula is C10H14N4O3. The van der Waals surface area contributed by atoms with Gasteiger partial charge in [-0.1, -0.05) is 0 Å². The van der Waals surface area contributed by atoms with Crippen molar-refractivity contribution < 1.29 is 14.7 Å². The van der Waals surface area contributed by atoms with Crippen molar-refractivity contribution in [1.82, 2.24) is 20.0 Å². The Bertz CT molecular complexity index is 480. The number of hydrogen-bond acceptors (Lipinski definition) is 3. The van der Waals surface area contributed by atoms with E-state index in [4.69, 9.17) is 5.11 Å². The Labute approximate surface area is 98.0 Å². The lowest BCUT2D eigenvalue weighted by Crippen LogP contribution is -2.41. The van der Waals surface area contributed by atoms with Crippen LogP contribution in [0.1, 0.15) is 21.7 Å². The third kappa shape index (κ3) is 1.83. The normalized spacial score (nSPS) is 14.4. The van der Waals surface area contributed by atoms with Gasteiger partial charge in [-0.3, -0.25) is 4.68 Å². The lowest BCUT2D eigenvalue weighted by Gasteiger charge is -2.26. The summed E-state index contributed by atoms with van der Waals surface area (Å²) in [5, 5.41) is 15.8. The van der Waals surface area contributed by atoms with Gasteiger partial charge in [0.05, 0.1) is 12.2 Å². The number of urea groups is 1. The number of carboxylic acids is 1. The Morgan fingerprint density at radius 1 is 1.47 bits per heavy atom. The summed E-state index contributed by atoms with van der Waals surface area (Å²) in [6, 6.07) is -0.198. The van der Waals surface area contributed by atoms with Gasteiger partial charge < -0.3 is 15.3 Å². The van der Waals surface area contributed by atoms with Gasteiger partial charge in [-0.05, 0) is 0 Å². The largest absolute Gasteiger partial charge is 0.477 e. The zero-order chi connectivity index (χ0) is 12.6. The van der Waals surface area contributed by atoms with Gasteiger partial charge in [0.25, 0.3) is 0 Å². The molecule has 0 aromatic carbocycles. The minimum Gasteiger partial charge on any atom is -0.477 e. The standard InChI is InChI=1S/C10H14N4O3/c1-11-10(17)14-4-3-7-6(5-14)8(9(15)16)13(2)12-7/h3-5H2,1-2H3,(H,11,17)(H,15,16). The van der Waals surface area contributed by atoms with Gasteiger partial charge in [0, 0.05) is 32.6 Å². The average Bonchev–Trinajstić information content (AvgIpc) is 2.62. The average molecular weight is 238 g/mol. The van der Waals surface area contributed by atoms with Crippen LogP contribution < -0.4 is 5.32 Å². The fourth-order valence-corrected chi connectivity index (χ4v) is 2.10. The van der Waals surface area contributed by atoms with Crippen molar-refractivity contribution >= 4 is 12.0 Å². The lowest BCUT2D eigenvalue weighted by atomic mass is 10.1. The van der Waals surface area contributed by atoms with Gasteiger partial charge in [-0.15, -0.1) is 0 Å². The fraction of sp³-hybridized carbons (Fsp3) is 0.500. The molecule has 92 valence electrons. The van der Waals surface area contributed by atoms with Gasteiger partial charge in [-0.2, -0.15) is 5.10 Å². The van der Waals surface area contributed by atoms with E-state index in [1.165, 1.54) is 4.68 Å². The predicted octanol–water partition coefficient (Wildman–Crippen LogP) is -0.184. The SMILES string of the molecule is CNC(=O)N1CCc2nn(C)c(C(=O)O)c2C1. The molecule has 0 aliphatic carbocycles. The van der Waals surface area contributed by atoms with Crippen molar-refractivity contribution in [2.24, 2.45) is 7.05 Å². The third-order valence-corrected chi connectivity index (χ3v) is 2.90. The van der Waals surface area contributed by atoms with Gasteiger partial charge >= 0.3 is 12.0 Å². The number of hydrogen-bond donors (Lipinski definition) is 2. The second-order valence-corrected chi connectivity index (χ2v) is 3.93. The molecule has 0 unspecified atom stereocenters. The number of carbonyl (C=O) groups is 2. The molecule has 1 aromatic heterocycles. The molecule has 0 bridgehead atoms. The monoisotopic (exact) mass is 238 g/mol. The number of fused-ring (bicyclic) bond motifs is 1. The van der Waals surface area contributed by atoms with Gasteiger partial charge in [0.15, 0.2) is 5.69 Å². The highest BCUT2D eigenvalue weighted by Crippen LogP contribution is 2.21. The molecule has 1 aromatic rings. The molecule has 0 radical (unpaired) electrons. The second kappa shape index (κ2) is 4.08. The Morgan fingerprint density at radius 2 is 2.18 bits per heavy atom. The molecule has 1 aliphatic rings. The van der Waals surface area contributed by atoms with Gasteiger partial charge in [-0.25, -0.2) is 9.59 Å². The molecule has 2 N–H and O–H groups in total. The molecule has 0 atom stereocenters. The molecule has 7 nitrogen and oxygen atoms in total. The lowest BCUT2D eigenvalue weighted by molar-refractivity contribution is 0.0682. The zero-order valence-corrected chi connectivity index (χ0v) is 9.73. The minimum absolute atomic E-state index is 0.161. The maximum Gasteiger partial charge on any atom is 0.354 e. The Kier molecular flexibility index (Phi) is 2.74. The minimum atomic E-state index is -1.01. The summed E-state index contributed by atoms with van der Waals surface area (Å²) in [7, 11) is 3.16. The van der Waals surface area contributed by atoms with Crippen molar-refractivity contribution in [1.29, 1.82) is 0 Å². The number of aryl methyl sites for hydroxylation is 1. The van der Waals surface area contributed by atoms with E-state index in [2.05, 4.69) is 10.4 Å². The quantitative estimate of drug-likeness (QED) is 0.710. The summed E-state index contributed by atoms with van der Waals surface area (Å²) < 4.78 is 1.36. The first-order chi connectivity index (χ1) is 8.04. The Balaban J connectivity index is 2.36. The van der Waals surface area contributed by atoms with Crippen molar-refractivity contribution in [2.75, 3.05) is 13.6 Å². The van der Waals surface area contributed by atoms with E-state index in [1.54, 1.807) is 19.0 Å². The van der Waals surface area contributed by atoms with Crippen LogP contribution in [0.4, 0.5) is 4.79 Å². The summed E-state index contributed by atoms with van der Waals surface area (Å²) in [5.41, 5.74) is 1.56. The fourth-order valence-electron chi connectivity index (χ4n) is 2.10. The number of carboxylic acid groups (broad SMARTS) is 1. The van der Waals surface area contributed by atoms with Crippen molar-refractivity contribution in [3.05, 3.63) is 17.0 Å². The van der Waals surface area contributed by atoms with Gasteiger partial charge in [0.1, 0.15) is 0 Å². The zero-order valence-electron chi connectivity index (χ0n) is 9.73. The maximum atomic E-state index is 11.5. The van der Waals surface area contributed by atoms with E-state index < -0.39 is 5.97 Å². The van der Waals surface area contributed by atoms with Crippen molar-refractivity contribution in [2.45, 2.75) is 13.0 Å². The second-order valence-electron chi connectivity index (χ2n) is 3.93. The highest BCUT2D eigenvalue weighted by Gasteiger charge is 2.28. The predicted molar refractivity (Wildman–Crippen MR) is 58.7 cm³/mol. The molecule has 0 saturated carbocycles. The third-order valence-electron chi connectivity index (χ3n) is 2.90. The van der Waals surface area contributed by atoms with Crippen LogP contribution in [0.3, 0.4) is 0 Å². The van der Waals surface area contributed by atoms with E-state index in [0.29, 0.717) is 25.1 Å². The van der Waals surface area contributed by atoms with Crippen LogP contribution in [0.2, 0.25) is 0 Å². The molecule has 1 aliphatic heterocycles. The number of aromatic carboxylic acids is 1. The number of aromatic nitrogens is 2. The first-order valence-corrected chi connectivity index (χ1v) is 5.29. The van der Waals surface area contributed by atoms with Crippen molar-refractivity contribution in [3.8, 4) is 0 Å². The van der Waals surface area contributed by atoms with Crippen LogP contribution in [0.5, 0.6) is 0 Å². The van der Waals surface area contributed by atoms with E-state index in [1.807, 2.05) is 0 Å².